The Morgan fingerprint density at radius 1 is 1.16 bits per heavy atom. The van der Waals surface area contributed by atoms with E-state index in [0.717, 1.165) is 12.1 Å². The highest BCUT2D eigenvalue weighted by Crippen LogP contribution is 2.38. The Bertz CT molecular complexity index is 1140. The first-order chi connectivity index (χ1) is 15.6. The molecule has 0 aliphatic carbocycles. The molecule has 3 N–H and O–H groups in total. The second-order valence-electron chi connectivity index (χ2n) is 6.75. The molecule has 0 spiro atoms. The van der Waals surface area contributed by atoms with E-state index < -0.39 is 5.97 Å². The Kier molecular flexibility index (Phi) is 6.66. The monoisotopic (exact) mass is 453 g/mol. The lowest BCUT2D eigenvalue weighted by atomic mass is 10.2. The molecule has 0 bridgehead atoms. The number of rotatable bonds is 6. The van der Waals surface area contributed by atoms with Crippen LogP contribution in [0.15, 0.2) is 48.5 Å². The first-order valence-electron chi connectivity index (χ1n) is 9.83. The van der Waals surface area contributed by atoms with Gasteiger partial charge >= 0.3 is 5.97 Å². The van der Waals surface area contributed by atoms with E-state index in [-0.39, 0.29) is 24.3 Å². The van der Waals surface area contributed by atoms with Gasteiger partial charge in [-0.25, -0.2) is 4.79 Å². The predicted octanol–water partition coefficient (Wildman–Crippen LogP) is 3.77. The van der Waals surface area contributed by atoms with Crippen LogP contribution in [0, 0.1) is 0 Å². The Labute approximate surface area is 189 Å². The van der Waals surface area contributed by atoms with Crippen LogP contribution in [0.1, 0.15) is 17.8 Å². The van der Waals surface area contributed by atoms with Crippen molar-refractivity contribution in [2.45, 2.75) is 13.0 Å². The predicted molar refractivity (Wildman–Crippen MR) is 120 cm³/mol. The highest BCUT2D eigenvalue weighted by molar-refractivity contribution is 6.32. The lowest BCUT2D eigenvalue weighted by molar-refractivity contribution is -0.139. The van der Waals surface area contributed by atoms with Gasteiger partial charge in [-0.15, -0.1) is 0 Å². The van der Waals surface area contributed by atoms with E-state index in [0.29, 0.717) is 35.3 Å². The maximum absolute atomic E-state index is 12.2. The molecule has 0 saturated heterocycles. The van der Waals surface area contributed by atoms with Gasteiger partial charge in [0, 0.05) is 18.2 Å². The molecule has 2 aromatic carbocycles. The van der Waals surface area contributed by atoms with Gasteiger partial charge in [0.1, 0.15) is 0 Å². The number of nitrogen functional groups attached to an aromatic ring is 1. The number of halogens is 1. The molecule has 1 aliphatic heterocycles. The van der Waals surface area contributed by atoms with Crippen molar-refractivity contribution in [3.8, 4) is 11.5 Å². The molecule has 9 nitrogen and oxygen atoms in total. The summed E-state index contributed by atoms with van der Waals surface area (Å²) in [6.45, 7) is 0.911. The minimum Gasteiger partial charge on any atom is -0.489 e. The van der Waals surface area contributed by atoms with Crippen molar-refractivity contribution in [3.05, 3.63) is 65.0 Å². The van der Waals surface area contributed by atoms with E-state index >= 15 is 0 Å². The van der Waals surface area contributed by atoms with Gasteiger partial charge in [-0.1, -0.05) is 29.8 Å². The summed E-state index contributed by atoms with van der Waals surface area (Å²) < 4.78 is 16.5. The number of carbonyl (C=O) groups excluding carboxylic acids is 1. The van der Waals surface area contributed by atoms with E-state index in [1.165, 1.54) is 6.08 Å². The highest BCUT2D eigenvalue weighted by atomic mass is 35.5. The average Bonchev–Trinajstić information content (AvgIpc) is 3.03. The van der Waals surface area contributed by atoms with Crippen LogP contribution in [0.2, 0.25) is 5.02 Å². The van der Waals surface area contributed by atoms with Crippen LogP contribution in [0.3, 0.4) is 0 Å². The van der Waals surface area contributed by atoms with E-state index in [2.05, 4.69) is 20.3 Å². The van der Waals surface area contributed by atoms with Gasteiger partial charge in [-0.3, -0.25) is 0 Å². The summed E-state index contributed by atoms with van der Waals surface area (Å²) in [5.74, 6) is 0.966. The average molecular weight is 454 g/mol. The molecule has 0 fully saturated rings. The molecule has 3 aromatic rings. The third-order valence-electron chi connectivity index (χ3n) is 4.31. The van der Waals surface area contributed by atoms with Crippen molar-refractivity contribution in [1.29, 1.82) is 0 Å². The van der Waals surface area contributed by atoms with Crippen molar-refractivity contribution in [2.75, 3.05) is 24.3 Å². The summed E-state index contributed by atoms with van der Waals surface area (Å²) in [5.41, 5.74) is 7.21. The molecule has 164 valence electrons. The summed E-state index contributed by atoms with van der Waals surface area (Å²) in [4.78, 5) is 24.4. The molecule has 0 amide bonds. The van der Waals surface area contributed by atoms with Crippen LogP contribution in [-0.4, -0.2) is 34.1 Å². The fourth-order valence-corrected chi connectivity index (χ4v) is 3.18. The van der Waals surface area contributed by atoms with E-state index in [1.54, 1.807) is 18.2 Å². The number of aromatic nitrogens is 3. The van der Waals surface area contributed by atoms with Gasteiger partial charge in [0.25, 0.3) is 0 Å². The Balaban J connectivity index is 1.38. The molecular weight excluding hydrogens is 434 g/mol. The lowest BCUT2D eigenvalue weighted by Crippen LogP contribution is -2.10. The summed E-state index contributed by atoms with van der Waals surface area (Å²) in [7, 11) is 0. The van der Waals surface area contributed by atoms with Crippen LogP contribution in [0.25, 0.3) is 6.08 Å². The fourth-order valence-electron chi connectivity index (χ4n) is 2.90. The maximum atomic E-state index is 12.2. The SMILES string of the molecule is Nc1nc(COC(=O)C=Cc2cc(Cl)c3c(c2)OCCCO3)nc(Nc2ccccc2)n1. The zero-order valence-corrected chi connectivity index (χ0v) is 17.7. The highest BCUT2D eigenvalue weighted by Gasteiger charge is 2.15. The molecular formula is C22H20ClN5O4. The van der Waals surface area contributed by atoms with Crippen molar-refractivity contribution in [1.82, 2.24) is 15.0 Å². The van der Waals surface area contributed by atoms with Gasteiger partial charge in [0.2, 0.25) is 11.9 Å². The number of carbonyl (C=O) groups is 1. The number of anilines is 3. The molecule has 0 radical (unpaired) electrons. The van der Waals surface area contributed by atoms with Crippen LogP contribution < -0.4 is 20.5 Å². The van der Waals surface area contributed by atoms with Crippen molar-refractivity contribution in [2.24, 2.45) is 0 Å². The Morgan fingerprint density at radius 3 is 2.81 bits per heavy atom. The summed E-state index contributed by atoms with van der Waals surface area (Å²) in [6.07, 6.45) is 3.63. The zero-order chi connectivity index (χ0) is 22.3. The third-order valence-corrected chi connectivity index (χ3v) is 4.59. The number of nitrogens with zero attached hydrogens (tertiary/aromatic N) is 3. The second-order valence-corrected chi connectivity index (χ2v) is 7.15. The maximum Gasteiger partial charge on any atom is 0.331 e. The summed E-state index contributed by atoms with van der Waals surface area (Å²) in [5, 5.41) is 3.44. The largest absolute Gasteiger partial charge is 0.489 e. The topological polar surface area (TPSA) is 121 Å². The minimum atomic E-state index is -0.579. The smallest absolute Gasteiger partial charge is 0.331 e. The number of hydrogen-bond acceptors (Lipinski definition) is 9. The van der Waals surface area contributed by atoms with Crippen molar-refractivity contribution < 1.29 is 19.0 Å². The number of nitrogens with one attached hydrogen (secondary N) is 1. The summed E-state index contributed by atoms with van der Waals surface area (Å²) >= 11 is 6.27. The van der Waals surface area contributed by atoms with Gasteiger partial charge in [-0.2, -0.15) is 15.0 Å². The molecule has 32 heavy (non-hydrogen) atoms. The minimum absolute atomic E-state index is 0.0156. The zero-order valence-electron chi connectivity index (χ0n) is 17.0. The second kappa shape index (κ2) is 9.97. The number of benzene rings is 2. The number of esters is 1. The first-order valence-corrected chi connectivity index (χ1v) is 10.2. The van der Waals surface area contributed by atoms with Gasteiger partial charge in [0.15, 0.2) is 23.9 Å². The molecule has 4 rings (SSSR count). The van der Waals surface area contributed by atoms with Crippen LogP contribution in [0.4, 0.5) is 17.6 Å². The van der Waals surface area contributed by atoms with Crippen molar-refractivity contribution >= 4 is 41.2 Å². The number of hydrogen-bond donors (Lipinski definition) is 2. The molecule has 2 heterocycles. The van der Waals surface area contributed by atoms with Gasteiger partial charge in [0.05, 0.1) is 18.2 Å². The van der Waals surface area contributed by atoms with Crippen LogP contribution in [-0.2, 0) is 16.1 Å². The van der Waals surface area contributed by atoms with E-state index in [1.807, 2.05) is 30.3 Å². The Hall–Kier alpha value is -3.85. The normalized spacial score (nSPS) is 12.9. The van der Waals surface area contributed by atoms with Crippen molar-refractivity contribution in [3.63, 3.8) is 0 Å². The molecule has 0 unspecified atom stereocenters. The van der Waals surface area contributed by atoms with E-state index in [4.69, 9.17) is 31.5 Å². The van der Waals surface area contributed by atoms with Crippen LogP contribution in [0.5, 0.6) is 11.5 Å². The standard InChI is InChI=1S/C22H20ClN5O4/c23-16-11-14(12-17-20(16)31-10-4-9-30-17)7-8-19(29)32-13-18-26-21(24)28-22(27-18)25-15-5-2-1-3-6-15/h1-3,5-8,11-12H,4,9-10,13H2,(H3,24,25,26,27,28). The quantitative estimate of drug-likeness (QED) is 0.424. The number of nitrogens with two attached hydrogens (primary N) is 1. The van der Waals surface area contributed by atoms with E-state index in [9.17, 15) is 4.79 Å². The fraction of sp³-hybridized carbons (Fsp3) is 0.182. The molecule has 10 heteroatoms. The molecule has 1 aromatic heterocycles. The number of fused-ring (bicyclic) bond motifs is 1. The van der Waals surface area contributed by atoms with Gasteiger partial charge < -0.3 is 25.3 Å². The third kappa shape index (κ3) is 5.64. The molecule has 0 atom stereocenters. The van der Waals surface area contributed by atoms with Gasteiger partial charge in [-0.05, 0) is 35.9 Å². The lowest BCUT2D eigenvalue weighted by Gasteiger charge is -2.10. The Morgan fingerprint density at radius 2 is 1.97 bits per heavy atom. The number of ether oxygens (including phenoxy) is 3. The van der Waals surface area contributed by atoms with Crippen LogP contribution >= 0.6 is 11.6 Å². The molecule has 1 aliphatic rings. The first kappa shape index (κ1) is 21.4. The number of para-hydroxylation sites is 1. The molecule has 0 saturated carbocycles. The summed E-state index contributed by atoms with van der Waals surface area (Å²) in [6, 6.07) is 12.8.